The van der Waals surface area contributed by atoms with Gasteiger partial charge in [-0.1, -0.05) is 25.7 Å². The summed E-state index contributed by atoms with van der Waals surface area (Å²) >= 11 is 1.19. The summed E-state index contributed by atoms with van der Waals surface area (Å²) in [5.41, 5.74) is 0.665. The van der Waals surface area contributed by atoms with Gasteiger partial charge in [-0.15, -0.1) is 11.3 Å². The van der Waals surface area contributed by atoms with Crippen LogP contribution in [-0.4, -0.2) is 30.9 Å². The number of thiophene rings is 1. The van der Waals surface area contributed by atoms with Crippen LogP contribution in [0.4, 0.5) is 0 Å². The first-order valence-corrected chi connectivity index (χ1v) is 9.04. The molecule has 1 aromatic rings. The Bertz CT molecular complexity index is 502. The molecule has 108 valence electrons. The first-order chi connectivity index (χ1) is 9.05. The molecule has 0 bridgehead atoms. The van der Waals surface area contributed by atoms with Crippen LogP contribution in [-0.2, 0) is 16.6 Å². The molecule has 0 spiro atoms. The average molecular weight is 303 g/mol. The molecule has 1 heterocycles. The molecule has 1 aliphatic carbocycles. The van der Waals surface area contributed by atoms with E-state index in [1.54, 1.807) is 18.5 Å². The maximum Gasteiger partial charge on any atom is 0.252 e. The Morgan fingerprint density at radius 2 is 1.95 bits per heavy atom. The van der Waals surface area contributed by atoms with Gasteiger partial charge < -0.3 is 5.11 Å². The largest absolute Gasteiger partial charge is 0.392 e. The minimum Gasteiger partial charge on any atom is -0.392 e. The highest BCUT2D eigenvalue weighted by atomic mass is 32.2. The lowest BCUT2D eigenvalue weighted by atomic mass is 10.1. The van der Waals surface area contributed by atoms with E-state index in [1.165, 1.54) is 28.5 Å². The molecule has 6 heteroatoms. The van der Waals surface area contributed by atoms with E-state index in [0.717, 1.165) is 25.7 Å². The molecule has 0 unspecified atom stereocenters. The maximum atomic E-state index is 12.5. The van der Waals surface area contributed by atoms with Gasteiger partial charge in [-0.05, 0) is 29.9 Å². The summed E-state index contributed by atoms with van der Waals surface area (Å²) in [6.07, 6.45) is 6.53. The molecule has 19 heavy (non-hydrogen) atoms. The molecule has 0 aromatic carbocycles. The molecule has 0 aliphatic heterocycles. The Morgan fingerprint density at radius 1 is 1.32 bits per heavy atom. The molecule has 0 atom stereocenters. The molecule has 0 radical (unpaired) electrons. The van der Waals surface area contributed by atoms with Crippen molar-refractivity contribution in [3.8, 4) is 0 Å². The van der Waals surface area contributed by atoms with Crippen molar-refractivity contribution < 1.29 is 13.5 Å². The van der Waals surface area contributed by atoms with Crippen molar-refractivity contribution in [3.63, 3.8) is 0 Å². The molecule has 1 aromatic heterocycles. The monoisotopic (exact) mass is 303 g/mol. The van der Waals surface area contributed by atoms with Crippen LogP contribution >= 0.6 is 11.3 Å². The van der Waals surface area contributed by atoms with E-state index in [9.17, 15) is 8.42 Å². The predicted molar refractivity (Wildman–Crippen MR) is 76.7 cm³/mol. The van der Waals surface area contributed by atoms with Crippen LogP contribution in [0.25, 0.3) is 0 Å². The lowest BCUT2D eigenvalue weighted by molar-refractivity contribution is 0.282. The van der Waals surface area contributed by atoms with Gasteiger partial charge in [0.25, 0.3) is 10.0 Å². The Hall–Kier alpha value is -0.430. The van der Waals surface area contributed by atoms with Crippen LogP contribution < -0.4 is 0 Å². The van der Waals surface area contributed by atoms with E-state index < -0.39 is 10.0 Å². The minimum atomic E-state index is -3.40. The van der Waals surface area contributed by atoms with Gasteiger partial charge >= 0.3 is 0 Å². The second kappa shape index (κ2) is 6.35. The molecular formula is C13H21NO3S2. The highest BCUT2D eigenvalue weighted by Crippen LogP contribution is 2.28. The molecule has 1 saturated carbocycles. The first-order valence-electron chi connectivity index (χ1n) is 6.72. The van der Waals surface area contributed by atoms with Gasteiger partial charge in [-0.25, -0.2) is 8.42 Å². The summed E-state index contributed by atoms with van der Waals surface area (Å²) in [5.74, 6) is 0. The van der Waals surface area contributed by atoms with Crippen molar-refractivity contribution in [1.29, 1.82) is 0 Å². The molecular weight excluding hydrogens is 282 g/mol. The van der Waals surface area contributed by atoms with Crippen molar-refractivity contribution in [2.45, 2.75) is 55.4 Å². The summed E-state index contributed by atoms with van der Waals surface area (Å²) in [5, 5.41) is 10.7. The van der Waals surface area contributed by atoms with Crippen LogP contribution in [0.5, 0.6) is 0 Å². The summed E-state index contributed by atoms with van der Waals surface area (Å²) in [6, 6.07) is 1.69. The molecule has 0 amide bonds. The third-order valence-corrected chi connectivity index (χ3v) is 7.16. The highest BCUT2D eigenvalue weighted by molar-refractivity contribution is 7.91. The van der Waals surface area contributed by atoms with Gasteiger partial charge in [-0.3, -0.25) is 0 Å². The van der Waals surface area contributed by atoms with Gasteiger partial charge in [0.15, 0.2) is 0 Å². The molecule has 0 saturated heterocycles. The van der Waals surface area contributed by atoms with Crippen molar-refractivity contribution in [2.24, 2.45) is 0 Å². The number of rotatable bonds is 4. The van der Waals surface area contributed by atoms with E-state index in [1.807, 2.05) is 0 Å². The van der Waals surface area contributed by atoms with Crippen molar-refractivity contribution >= 4 is 21.4 Å². The summed E-state index contributed by atoms with van der Waals surface area (Å²) in [6.45, 7) is -0.112. The van der Waals surface area contributed by atoms with Crippen LogP contribution in [0.15, 0.2) is 15.7 Å². The first kappa shape index (κ1) is 15.0. The van der Waals surface area contributed by atoms with Gasteiger partial charge in [0.05, 0.1) is 6.61 Å². The Labute approximate surface area is 119 Å². The average Bonchev–Trinajstić information content (AvgIpc) is 2.74. The SMILES string of the molecule is CN(C1CCCCCC1)S(=O)(=O)c1cc(CO)cs1. The second-order valence-corrected chi connectivity index (χ2v) is 8.23. The fraction of sp³-hybridized carbons (Fsp3) is 0.692. The number of aliphatic hydroxyl groups excluding tert-OH is 1. The Balaban J connectivity index is 2.17. The van der Waals surface area contributed by atoms with Gasteiger partial charge in [0, 0.05) is 13.1 Å². The number of hydrogen-bond donors (Lipinski definition) is 1. The van der Waals surface area contributed by atoms with E-state index in [0.29, 0.717) is 9.77 Å². The molecule has 1 aliphatic rings. The third kappa shape index (κ3) is 3.37. The Kier molecular flexibility index (Phi) is 5.00. The zero-order valence-corrected chi connectivity index (χ0v) is 12.8. The molecule has 1 fully saturated rings. The van der Waals surface area contributed by atoms with Gasteiger partial charge in [-0.2, -0.15) is 4.31 Å². The molecule has 1 N–H and O–H groups in total. The number of hydrogen-bond acceptors (Lipinski definition) is 4. The van der Waals surface area contributed by atoms with E-state index in [4.69, 9.17) is 5.11 Å². The standard InChI is InChI=1S/C13H21NO3S2/c1-14(12-6-4-2-3-5-7-12)19(16,17)13-8-11(9-15)10-18-13/h8,10,12,15H,2-7,9H2,1H3. The molecule has 2 rings (SSSR count). The minimum absolute atomic E-state index is 0.112. The van der Waals surface area contributed by atoms with E-state index in [2.05, 4.69) is 0 Å². The number of aliphatic hydroxyl groups is 1. The van der Waals surface area contributed by atoms with Gasteiger partial charge in [0.2, 0.25) is 0 Å². The van der Waals surface area contributed by atoms with Crippen molar-refractivity contribution in [2.75, 3.05) is 7.05 Å². The molecule has 4 nitrogen and oxygen atoms in total. The fourth-order valence-corrected chi connectivity index (χ4v) is 5.33. The van der Waals surface area contributed by atoms with Crippen LogP contribution in [0.2, 0.25) is 0 Å². The predicted octanol–water partition coefficient (Wildman–Crippen LogP) is 2.58. The normalized spacial score (nSPS) is 18.7. The van der Waals surface area contributed by atoms with E-state index >= 15 is 0 Å². The number of nitrogens with zero attached hydrogens (tertiary/aromatic N) is 1. The quantitative estimate of drug-likeness (QED) is 0.870. The smallest absolute Gasteiger partial charge is 0.252 e. The van der Waals surface area contributed by atoms with E-state index in [-0.39, 0.29) is 12.6 Å². The summed E-state index contributed by atoms with van der Waals surface area (Å²) in [4.78, 5) is 0. The van der Waals surface area contributed by atoms with Crippen molar-refractivity contribution in [3.05, 3.63) is 17.0 Å². The number of sulfonamides is 1. The highest BCUT2D eigenvalue weighted by Gasteiger charge is 2.29. The third-order valence-electron chi connectivity index (χ3n) is 3.78. The topological polar surface area (TPSA) is 57.6 Å². The summed E-state index contributed by atoms with van der Waals surface area (Å²) in [7, 11) is -1.72. The second-order valence-electron chi connectivity index (χ2n) is 5.10. The van der Waals surface area contributed by atoms with Crippen molar-refractivity contribution in [1.82, 2.24) is 4.31 Å². The van der Waals surface area contributed by atoms with Crippen LogP contribution in [0.1, 0.15) is 44.1 Å². The van der Waals surface area contributed by atoms with Crippen LogP contribution in [0.3, 0.4) is 0 Å². The Morgan fingerprint density at radius 3 is 2.47 bits per heavy atom. The van der Waals surface area contributed by atoms with Crippen LogP contribution in [0, 0.1) is 0 Å². The zero-order chi connectivity index (χ0) is 13.9. The fourth-order valence-electron chi connectivity index (χ4n) is 2.53. The maximum absolute atomic E-state index is 12.5. The summed E-state index contributed by atoms with van der Waals surface area (Å²) < 4.78 is 26.9. The lowest BCUT2D eigenvalue weighted by Crippen LogP contribution is -2.36. The zero-order valence-electron chi connectivity index (χ0n) is 11.2. The van der Waals surface area contributed by atoms with Gasteiger partial charge in [0.1, 0.15) is 4.21 Å². The lowest BCUT2D eigenvalue weighted by Gasteiger charge is -2.25.